The van der Waals surface area contributed by atoms with Crippen LogP contribution in [0.3, 0.4) is 0 Å². The summed E-state index contributed by atoms with van der Waals surface area (Å²) in [5.41, 5.74) is 2.47. The molecule has 0 saturated heterocycles. The molecule has 0 fully saturated rings. The Morgan fingerprint density at radius 1 is 1.25 bits per heavy atom. The van der Waals surface area contributed by atoms with E-state index in [2.05, 4.69) is 4.98 Å². The molecule has 0 bridgehead atoms. The number of amides is 1. The molecule has 0 radical (unpaired) electrons. The molecule has 0 unspecified atom stereocenters. The Labute approximate surface area is 145 Å². The number of nitrogens with zero attached hydrogens (tertiary/aromatic N) is 2. The quantitative estimate of drug-likeness (QED) is 0.640. The summed E-state index contributed by atoms with van der Waals surface area (Å²) < 4.78 is 5.58. The minimum Gasteiger partial charge on any atom is -0.437 e. The fourth-order valence-corrected chi connectivity index (χ4v) is 2.62. The second kappa shape index (κ2) is 7.32. The van der Waals surface area contributed by atoms with Gasteiger partial charge < -0.3 is 9.32 Å². The number of rotatable bonds is 5. The molecule has 1 amide bonds. The minimum atomic E-state index is -0.0975. The molecule has 0 N–H and O–H groups in total. The molecule has 0 aliphatic heterocycles. The van der Waals surface area contributed by atoms with Gasteiger partial charge in [-0.3, -0.25) is 4.79 Å². The topological polar surface area (TPSA) is 46.3 Å². The lowest BCUT2D eigenvalue weighted by Gasteiger charge is -2.19. The molecule has 5 heteroatoms. The van der Waals surface area contributed by atoms with E-state index in [-0.39, 0.29) is 5.91 Å². The highest BCUT2D eigenvalue weighted by molar-refractivity contribution is 6.30. The Morgan fingerprint density at radius 2 is 2.08 bits per heavy atom. The van der Waals surface area contributed by atoms with Crippen LogP contribution in [0.1, 0.15) is 18.4 Å². The van der Waals surface area contributed by atoms with Crippen LogP contribution in [0.4, 0.5) is 0 Å². The van der Waals surface area contributed by atoms with Gasteiger partial charge in [0.25, 0.3) is 0 Å². The molecule has 3 rings (SSSR count). The summed E-state index contributed by atoms with van der Waals surface area (Å²) in [6.45, 7) is 3.05. The van der Waals surface area contributed by atoms with Crippen molar-refractivity contribution in [3.05, 3.63) is 71.1 Å². The Kier molecular flexibility index (Phi) is 4.96. The average molecular weight is 341 g/mol. The number of halogens is 1. The Balaban J connectivity index is 1.71. The zero-order valence-electron chi connectivity index (χ0n) is 13.3. The summed E-state index contributed by atoms with van der Waals surface area (Å²) >= 11 is 5.99. The van der Waals surface area contributed by atoms with E-state index in [1.165, 1.54) is 6.08 Å². The van der Waals surface area contributed by atoms with E-state index in [9.17, 15) is 4.79 Å². The maximum atomic E-state index is 12.4. The fourth-order valence-electron chi connectivity index (χ4n) is 2.41. The molecule has 0 aliphatic carbocycles. The highest BCUT2D eigenvalue weighted by atomic mass is 35.5. The van der Waals surface area contributed by atoms with Gasteiger partial charge in [-0.2, -0.15) is 0 Å². The van der Waals surface area contributed by atoms with Gasteiger partial charge in [0.1, 0.15) is 5.52 Å². The number of hydrogen-bond donors (Lipinski definition) is 0. The fraction of sp³-hybridized carbons (Fsp3) is 0.158. The van der Waals surface area contributed by atoms with Gasteiger partial charge in [-0.1, -0.05) is 35.9 Å². The van der Waals surface area contributed by atoms with Gasteiger partial charge in [-0.25, -0.2) is 4.98 Å². The SMILES string of the molecule is CCN(Cc1cccc(Cl)c1)C(=O)/C=C/c1nc2ccccc2o1. The molecule has 0 spiro atoms. The van der Waals surface area contributed by atoms with E-state index < -0.39 is 0 Å². The first-order valence-electron chi connectivity index (χ1n) is 7.72. The number of oxazole rings is 1. The van der Waals surface area contributed by atoms with Crippen LogP contribution < -0.4 is 0 Å². The van der Waals surface area contributed by atoms with E-state index in [0.717, 1.165) is 11.1 Å². The average Bonchev–Trinajstić information content (AvgIpc) is 3.00. The molecular weight excluding hydrogens is 324 g/mol. The third kappa shape index (κ3) is 3.84. The number of carbonyl (C=O) groups excluding carboxylic acids is 1. The Morgan fingerprint density at radius 3 is 2.83 bits per heavy atom. The second-order valence-corrected chi connectivity index (χ2v) is 5.77. The summed E-state index contributed by atoms with van der Waals surface area (Å²) in [6, 6.07) is 15.0. The summed E-state index contributed by atoms with van der Waals surface area (Å²) in [5, 5.41) is 0.665. The maximum absolute atomic E-state index is 12.4. The van der Waals surface area contributed by atoms with E-state index >= 15 is 0 Å². The van der Waals surface area contributed by atoms with Crippen LogP contribution in [0.5, 0.6) is 0 Å². The van der Waals surface area contributed by atoms with Crippen LogP contribution in [0.2, 0.25) is 5.02 Å². The molecule has 0 aliphatic rings. The van der Waals surface area contributed by atoms with Crippen LogP contribution in [-0.2, 0) is 11.3 Å². The summed E-state index contributed by atoms with van der Waals surface area (Å²) in [7, 11) is 0. The van der Waals surface area contributed by atoms with E-state index in [1.807, 2.05) is 55.5 Å². The van der Waals surface area contributed by atoms with Crippen molar-refractivity contribution >= 4 is 34.7 Å². The zero-order valence-corrected chi connectivity index (χ0v) is 14.0. The molecule has 4 nitrogen and oxygen atoms in total. The lowest BCUT2D eigenvalue weighted by atomic mass is 10.2. The molecule has 0 saturated carbocycles. The van der Waals surface area contributed by atoms with E-state index in [4.69, 9.17) is 16.0 Å². The number of likely N-dealkylation sites (N-methyl/N-ethyl adjacent to an activating group) is 1. The highest BCUT2D eigenvalue weighted by Gasteiger charge is 2.10. The van der Waals surface area contributed by atoms with Crippen molar-refractivity contribution < 1.29 is 9.21 Å². The molecule has 2 aromatic carbocycles. The largest absolute Gasteiger partial charge is 0.437 e. The van der Waals surface area contributed by atoms with Crippen LogP contribution >= 0.6 is 11.6 Å². The number of hydrogen-bond acceptors (Lipinski definition) is 3. The first-order chi connectivity index (χ1) is 11.7. The maximum Gasteiger partial charge on any atom is 0.247 e. The normalized spacial score (nSPS) is 11.2. The van der Waals surface area contributed by atoms with Crippen LogP contribution in [0.15, 0.2) is 59.0 Å². The minimum absolute atomic E-state index is 0.0975. The molecule has 1 aromatic heterocycles. The van der Waals surface area contributed by atoms with Gasteiger partial charge >= 0.3 is 0 Å². The van der Waals surface area contributed by atoms with Crippen molar-refractivity contribution in [3.63, 3.8) is 0 Å². The third-order valence-corrected chi connectivity index (χ3v) is 3.87. The predicted octanol–water partition coefficient (Wildman–Crippen LogP) is 4.54. The Hall–Kier alpha value is -2.59. The van der Waals surface area contributed by atoms with Crippen molar-refractivity contribution in [1.29, 1.82) is 0 Å². The van der Waals surface area contributed by atoms with Crippen LogP contribution in [0.25, 0.3) is 17.2 Å². The molecule has 3 aromatic rings. The first-order valence-corrected chi connectivity index (χ1v) is 8.10. The number of para-hydroxylation sites is 2. The molecule has 24 heavy (non-hydrogen) atoms. The first kappa shape index (κ1) is 16.3. The standard InChI is InChI=1S/C19H17ClN2O2/c1-2-22(13-14-6-5-7-15(20)12-14)19(23)11-10-18-21-16-8-3-4-9-17(16)24-18/h3-12H,2,13H2,1H3/b11-10+. The lowest BCUT2D eigenvalue weighted by Crippen LogP contribution is -2.28. The smallest absolute Gasteiger partial charge is 0.247 e. The van der Waals surface area contributed by atoms with Crippen molar-refractivity contribution in [1.82, 2.24) is 9.88 Å². The number of carbonyl (C=O) groups is 1. The van der Waals surface area contributed by atoms with Crippen LogP contribution in [0, 0.1) is 0 Å². The monoisotopic (exact) mass is 340 g/mol. The molecular formula is C19H17ClN2O2. The van der Waals surface area contributed by atoms with Gasteiger partial charge in [0.2, 0.25) is 11.8 Å². The molecule has 1 heterocycles. The van der Waals surface area contributed by atoms with Crippen molar-refractivity contribution in [2.75, 3.05) is 6.54 Å². The van der Waals surface area contributed by atoms with Gasteiger partial charge in [-0.05, 0) is 36.8 Å². The van der Waals surface area contributed by atoms with Gasteiger partial charge in [0.15, 0.2) is 5.58 Å². The molecule has 0 atom stereocenters. The van der Waals surface area contributed by atoms with Crippen molar-refractivity contribution in [2.24, 2.45) is 0 Å². The lowest BCUT2D eigenvalue weighted by molar-refractivity contribution is -0.126. The van der Waals surface area contributed by atoms with Crippen LogP contribution in [-0.4, -0.2) is 22.3 Å². The number of fused-ring (bicyclic) bond motifs is 1. The summed E-state index contributed by atoms with van der Waals surface area (Å²) in [4.78, 5) is 18.4. The summed E-state index contributed by atoms with van der Waals surface area (Å²) in [6.07, 6.45) is 3.09. The Bertz CT molecular complexity index is 853. The molecule has 122 valence electrons. The second-order valence-electron chi connectivity index (χ2n) is 5.34. The van der Waals surface area contributed by atoms with Gasteiger partial charge in [0.05, 0.1) is 0 Å². The predicted molar refractivity (Wildman–Crippen MR) is 95.6 cm³/mol. The van der Waals surface area contributed by atoms with Gasteiger partial charge in [-0.15, -0.1) is 0 Å². The summed E-state index contributed by atoms with van der Waals surface area (Å²) in [5.74, 6) is 0.322. The van der Waals surface area contributed by atoms with Gasteiger partial charge in [0, 0.05) is 30.3 Å². The zero-order chi connectivity index (χ0) is 16.9. The number of aromatic nitrogens is 1. The third-order valence-electron chi connectivity index (χ3n) is 3.63. The van der Waals surface area contributed by atoms with E-state index in [1.54, 1.807) is 11.0 Å². The van der Waals surface area contributed by atoms with Crippen molar-refractivity contribution in [2.45, 2.75) is 13.5 Å². The highest BCUT2D eigenvalue weighted by Crippen LogP contribution is 2.16. The number of benzene rings is 2. The van der Waals surface area contributed by atoms with Crippen molar-refractivity contribution in [3.8, 4) is 0 Å². The van der Waals surface area contributed by atoms with E-state index in [0.29, 0.717) is 29.6 Å².